The molecule has 0 unspecified atom stereocenters. The maximum absolute atomic E-state index is 6.14. The summed E-state index contributed by atoms with van der Waals surface area (Å²) in [4.78, 5) is 10.1. The highest BCUT2D eigenvalue weighted by atomic mass is 35.5. The van der Waals surface area contributed by atoms with E-state index < -0.39 is 0 Å². The molecule has 0 bridgehead atoms. The molecule has 0 saturated carbocycles. The van der Waals surface area contributed by atoms with E-state index in [2.05, 4.69) is 9.97 Å². The van der Waals surface area contributed by atoms with Crippen LogP contribution in [-0.2, 0) is 6.54 Å². The fourth-order valence-corrected chi connectivity index (χ4v) is 2.02. The molecule has 2 aromatic rings. The number of aromatic nitrogens is 2. The quantitative estimate of drug-likeness (QED) is 0.930. The van der Waals surface area contributed by atoms with Crippen molar-refractivity contribution in [3.63, 3.8) is 0 Å². The lowest BCUT2D eigenvalue weighted by Gasteiger charge is -2.22. The summed E-state index contributed by atoms with van der Waals surface area (Å²) in [6.07, 6.45) is 1.52. The van der Waals surface area contributed by atoms with Crippen LogP contribution >= 0.6 is 11.6 Å². The van der Waals surface area contributed by atoms with E-state index in [4.69, 9.17) is 22.1 Å². The third kappa shape index (κ3) is 2.77. The number of para-hydroxylation sites is 1. The molecule has 0 saturated heterocycles. The van der Waals surface area contributed by atoms with Gasteiger partial charge in [-0.1, -0.05) is 29.8 Å². The molecule has 0 radical (unpaired) electrons. The van der Waals surface area contributed by atoms with Crippen LogP contribution in [0.5, 0.6) is 6.01 Å². The molecule has 5 nitrogen and oxygen atoms in total. The Kier molecular flexibility index (Phi) is 4.19. The zero-order chi connectivity index (χ0) is 13.8. The summed E-state index contributed by atoms with van der Waals surface area (Å²) in [6.45, 7) is 0.445. The van der Waals surface area contributed by atoms with Gasteiger partial charge in [0.15, 0.2) is 5.82 Å². The van der Waals surface area contributed by atoms with Gasteiger partial charge in [-0.3, -0.25) is 0 Å². The van der Waals surface area contributed by atoms with E-state index in [1.54, 1.807) is 0 Å². The predicted octanol–water partition coefficient (Wildman–Crippen LogP) is 2.37. The minimum Gasteiger partial charge on any atom is -0.467 e. The molecule has 6 heteroatoms. The molecule has 1 aromatic carbocycles. The summed E-state index contributed by atoms with van der Waals surface area (Å²) >= 11 is 6.14. The molecule has 0 amide bonds. The molecule has 0 aliphatic carbocycles. The standard InChI is InChI=1S/C13H15ClN4O/c1-18(11-6-4-3-5-9(11)7-15)12-10(14)8-16-13(17-12)19-2/h3-6,8H,7,15H2,1-2H3. The first-order chi connectivity index (χ1) is 9.17. The summed E-state index contributed by atoms with van der Waals surface area (Å²) in [5.41, 5.74) is 7.71. The number of hydrogen-bond acceptors (Lipinski definition) is 5. The van der Waals surface area contributed by atoms with Gasteiger partial charge in [0.2, 0.25) is 0 Å². The van der Waals surface area contributed by atoms with Crippen LogP contribution in [-0.4, -0.2) is 24.1 Å². The Morgan fingerprint density at radius 1 is 1.37 bits per heavy atom. The van der Waals surface area contributed by atoms with E-state index in [9.17, 15) is 0 Å². The number of nitrogens with two attached hydrogens (primary N) is 1. The zero-order valence-corrected chi connectivity index (χ0v) is 11.6. The number of ether oxygens (including phenoxy) is 1. The van der Waals surface area contributed by atoms with Gasteiger partial charge < -0.3 is 15.4 Å². The lowest BCUT2D eigenvalue weighted by molar-refractivity contribution is 0.380. The Morgan fingerprint density at radius 3 is 2.79 bits per heavy atom. The van der Waals surface area contributed by atoms with Crippen molar-refractivity contribution in [2.24, 2.45) is 5.73 Å². The SMILES string of the molecule is COc1ncc(Cl)c(N(C)c2ccccc2CN)n1. The Bertz CT molecular complexity index is 576. The second-order valence-electron chi connectivity index (χ2n) is 3.92. The van der Waals surface area contributed by atoms with Crippen LogP contribution in [0.25, 0.3) is 0 Å². The van der Waals surface area contributed by atoms with Crippen LogP contribution in [0.3, 0.4) is 0 Å². The summed E-state index contributed by atoms with van der Waals surface area (Å²) in [5, 5.41) is 0.454. The Hall–Kier alpha value is -1.85. The number of halogens is 1. The Morgan fingerprint density at radius 2 is 2.11 bits per heavy atom. The molecule has 0 atom stereocenters. The van der Waals surface area contributed by atoms with Crippen LogP contribution < -0.4 is 15.4 Å². The summed E-state index contributed by atoms with van der Waals surface area (Å²) < 4.78 is 5.02. The average molecular weight is 279 g/mol. The minimum atomic E-state index is 0.275. The first-order valence-electron chi connectivity index (χ1n) is 5.75. The van der Waals surface area contributed by atoms with Gasteiger partial charge in [-0.15, -0.1) is 0 Å². The highest BCUT2D eigenvalue weighted by Gasteiger charge is 2.14. The van der Waals surface area contributed by atoms with Crippen LogP contribution in [0.4, 0.5) is 11.5 Å². The number of rotatable bonds is 4. The van der Waals surface area contributed by atoms with Gasteiger partial charge in [0, 0.05) is 19.3 Å². The van der Waals surface area contributed by atoms with Crippen molar-refractivity contribution in [3.8, 4) is 6.01 Å². The van der Waals surface area contributed by atoms with E-state index >= 15 is 0 Å². The molecule has 1 aromatic heterocycles. The van der Waals surface area contributed by atoms with E-state index in [1.807, 2.05) is 36.2 Å². The number of nitrogens with zero attached hydrogens (tertiary/aromatic N) is 3. The van der Waals surface area contributed by atoms with Crippen molar-refractivity contribution in [1.29, 1.82) is 0 Å². The lowest BCUT2D eigenvalue weighted by atomic mass is 10.1. The molecule has 100 valence electrons. The molecular formula is C13H15ClN4O. The smallest absolute Gasteiger partial charge is 0.318 e. The van der Waals surface area contributed by atoms with Gasteiger partial charge in [0.1, 0.15) is 5.02 Å². The molecule has 0 fully saturated rings. The largest absolute Gasteiger partial charge is 0.467 e. The maximum Gasteiger partial charge on any atom is 0.318 e. The number of hydrogen-bond donors (Lipinski definition) is 1. The van der Waals surface area contributed by atoms with Crippen molar-refractivity contribution in [1.82, 2.24) is 9.97 Å². The normalized spacial score (nSPS) is 10.3. The minimum absolute atomic E-state index is 0.275. The van der Waals surface area contributed by atoms with E-state index in [0.717, 1.165) is 11.3 Å². The Labute approximate surface area is 117 Å². The second kappa shape index (κ2) is 5.86. The number of anilines is 2. The van der Waals surface area contributed by atoms with Gasteiger partial charge in [-0.05, 0) is 11.6 Å². The predicted molar refractivity (Wildman–Crippen MR) is 76.0 cm³/mol. The van der Waals surface area contributed by atoms with Gasteiger partial charge >= 0.3 is 6.01 Å². The molecule has 0 aliphatic rings. The average Bonchev–Trinajstić information content (AvgIpc) is 2.47. The van der Waals surface area contributed by atoms with Crippen LogP contribution in [0.15, 0.2) is 30.5 Å². The van der Waals surface area contributed by atoms with Gasteiger partial charge in [0.05, 0.1) is 13.3 Å². The fourth-order valence-electron chi connectivity index (χ4n) is 1.80. The third-order valence-corrected chi connectivity index (χ3v) is 3.04. The fraction of sp³-hybridized carbons (Fsp3) is 0.231. The van der Waals surface area contributed by atoms with Gasteiger partial charge in [0.25, 0.3) is 0 Å². The van der Waals surface area contributed by atoms with Crippen molar-refractivity contribution >= 4 is 23.1 Å². The van der Waals surface area contributed by atoms with Gasteiger partial charge in [-0.25, -0.2) is 4.98 Å². The van der Waals surface area contributed by atoms with Crippen molar-refractivity contribution in [2.75, 3.05) is 19.1 Å². The van der Waals surface area contributed by atoms with E-state index in [1.165, 1.54) is 13.3 Å². The van der Waals surface area contributed by atoms with Gasteiger partial charge in [-0.2, -0.15) is 4.98 Å². The van der Waals surface area contributed by atoms with Crippen LogP contribution in [0, 0.1) is 0 Å². The van der Waals surface area contributed by atoms with E-state index in [0.29, 0.717) is 17.4 Å². The monoisotopic (exact) mass is 278 g/mol. The molecule has 0 spiro atoms. The summed E-state index contributed by atoms with van der Waals surface area (Å²) in [6, 6.07) is 8.10. The molecule has 2 N–H and O–H groups in total. The highest BCUT2D eigenvalue weighted by molar-refractivity contribution is 6.33. The summed E-state index contributed by atoms with van der Waals surface area (Å²) in [7, 11) is 3.39. The maximum atomic E-state index is 6.14. The molecule has 19 heavy (non-hydrogen) atoms. The topological polar surface area (TPSA) is 64.3 Å². The lowest BCUT2D eigenvalue weighted by Crippen LogP contribution is -2.15. The molecule has 2 rings (SSSR count). The molecule has 1 heterocycles. The van der Waals surface area contributed by atoms with E-state index in [-0.39, 0.29) is 6.01 Å². The van der Waals surface area contributed by atoms with Crippen LogP contribution in [0.1, 0.15) is 5.56 Å². The Balaban J connectivity index is 2.46. The molecule has 0 aliphatic heterocycles. The molecular weight excluding hydrogens is 264 g/mol. The highest BCUT2D eigenvalue weighted by Crippen LogP contribution is 2.31. The number of methoxy groups -OCH3 is 1. The van der Waals surface area contributed by atoms with Crippen molar-refractivity contribution in [2.45, 2.75) is 6.54 Å². The van der Waals surface area contributed by atoms with Crippen molar-refractivity contribution < 1.29 is 4.74 Å². The second-order valence-corrected chi connectivity index (χ2v) is 4.33. The number of benzene rings is 1. The third-order valence-electron chi connectivity index (χ3n) is 2.78. The first-order valence-corrected chi connectivity index (χ1v) is 6.13. The van der Waals surface area contributed by atoms with Crippen molar-refractivity contribution in [3.05, 3.63) is 41.0 Å². The zero-order valence-electron chi connectivity index (χ0n) is 10.8. The summed E-state index contributed by atoms with van der Waals surface area (Å²) in [5.74, 6) is 0.578. The van der Waals surface area contributed by atoms with Crippen LogP contribution in [0.2, 0.25) is 5.02 Å². The first kappa shape index (κ1) is 13.6.